The number of hydrogen-bond donors (Lipinski definition) is 0. The van der Waals surface area contributed by atoms with Gasteiger partial charge in [0.1, 0.15) is 10.8 Å². The van der Waals surface area contributed by atoms with E-state index in [1.165, 1.54) is 6.07 Å². The highest BCUT2D eigenvalue weighted by molar-refractivity contribution is 6.31. The molecule has 0 aliphatic carbocycles. The Hall–Kier alpha value is -1.76. The summed E-state index contributed by atoms with van der Waals surface area (Å²) < 4.78 is 25.9. The maximum Gasteiger partial charge on any atom is 0.160 e. The topological polar surface area (TPSA) is 48.8 Å². The molecule has 0 bridgehead atoms. The summed E-state index contributed by atoms with van der Waals surface area (Å²) in [7, 11) is 0. The first kappa shape index (κ1) is 11.3. The molecule has 0 spiro atoms. The van der Waals surface area contributed by atoms with Crippen molar-refractivity contribution in [2.45, 2.75) is 0 Å². The molecule has 0 unspecified atom stereocenters. The number of azide groups is 1. The number of halogens is 3. The van der Waals surface area contributed by atoms with Crippen molar-refractivity contribution in [3.8, 4) is 11.8 Å². The third-order valence-corrected chi connectivity index (χ3v) is 1.82. The number of nitrogens with zero attached hydrogens (tertiary/aromatic N) is 3. The van der Waals surface area contributed by atoms with Crippen molar-refractivity contribution in [1.82, 2.24) is 0 Å². The van der Waals surface area contributed by atoms with Gasteiger partial charge in [0, 0.05) is 4.91 Å². The SMILES string of the molecule is [N-]=[N+]=NCC#Cc1ccc(F)c(Cl)c1F. The molecule has 0 aliphatic heterocycles. The zero-order valence-electron chi connectivity index (χ0n) is 7.34. The molecule has 0 aromatic heterocycles. The highest BCUT2D eigenvalue weighted by atomic mass is 35.5. The molecule has 0 radical (unpaired) electrons. The second kappa shape index (κ2) is 5.20. The van der Waals surface area contributed by atoms with Gasteiger partial charge < -0.3 is 0 Å². The minimum absolute atomic E-state index is 0.0328. The van der Waals surface area contributed by atoms with E-state index in [-0.39, 0.29) is 12.1 Å². The highest BCUT2D eigenvalue weighted by Gasteiger charge is 2.09. The van der Waals surface area contributed by atoms with Crippen molar-refractivity contribution in [3.63, 3.8) is 0 Å². The molecule has 0 saturated heterocycles. The second-order valence-corrected chi connectivity index (χ2v) is 2.79. The van der Waals surface area contributed by atoms with Crippen LogP contribution in [0.5, 0.6) is 0 Å². The number of rotatable bonds is 1. The Morgan fingerprint density at radius 1 is 1.47 bits per heavy atom. The van der Waals surface area contributed by atoms with Crippen LogP contribution in [0.4, 0.5) is 8.78 Å². The Labute approximate surface area is 89.3 Å². The normalized spacial score (nSPS) is 8.73. The molecule has 0 N–H and O–H groups in total. The average molecular weight is 228 g/mol. The molecule has 1 rings (SSSR count). The summed E-state index contributed by atoms with van der Waals surface area (Å²) in [6, 6.07) is 2.18. The third kappa shape index (κ3) is 2.84. The van der Waals surface area contributed by atoms with Crippen LogP contribution in [0, 0.1) is 23.5 Å². The lowest BCUT2D eigenvalue weighted by atomic mass is 10.2. The quantitative estimate of drug-likeness (QED) is 0.232. The van der Waals surface area contributed by atoms with Crippen molar-refractivity contribution in [2.24, 2.45) is 5.11 Å². The van der Waals surface area contributed by atoms with Gasteiger partial charge in [-0.3, -0.25) is 0 Å². The Morgan fingerprint density at radius 2 is 2.20 bits per heavy atom. The minimum atomic E-state index is -0.912. The van der Waals surface area contributed by atoms with Crippen LogP contribution in [0.15, 0.2) is 17.2 Å². The molecule has 15 heavy (non-hydrogen) atoms. The summed E-state index contributed by atoms with van der Waals surface area (Å²) in [4.78, 5) is 2.46. The number of hydrogen-bond acceptors (Lipinski definition) is 1. The lowest BCUT2D eigenvalue weighted by molar-refractivity contribution is 0.582. The van der Waals surface area contributed by atoms with E-state index in [1.807, 2.05) is 0 Å². The average Bonchev–Trinajstić information content (AvgIpc) is 2.24. The fourth-order valence-electron chi connectivity index (χ4n) is 0.824. The van der Waals surface area contributed by atoms with E-state index in [1.54, 1.807) is 0 Å². The van der Waals surface area contributed by atoms with Gasteiger partial charge >= 0.3 is 0 Å². The van der Waals surface area contributed by atoms with E-state index in [2.05, 4.69) is 21.9 Å². The molecule has 1 aromatic carbocycles. The first-order chi connectivity index (χ1) is 7.16. The highest BCUT2D eigenvalue weighted by Crippen LogP contribution is 2.20. The predicted octanol–water partition coefficient (Wildman–Crippen LogP) is 3.28. The molecule has 0 saturated carbocycles. The van der Waals surface area contributed by atoms with Crippen LogP contribution >= 0.6 is 11.6 Å². The zero-order valence-corrected chi connectivity index (χ0v) is 8.09. The van der Waals surface area contributed by atoms with Crippen LogP contribution in [0.1, 0.15) is 5.56 Å². The third-order valence-electron chi connectivity index (χ3n) is 1.47. The Bertz CT molecular complexity index is 484. The first-order valence-corrected chi connectivity index (χ1v) is 4.18. The lowest BCUT2D eigenvalue weighted by Gasteiger charge is -1.97. The molecule has 1 aromatic rings. The maximum atomic E-state index is 13.2. The first-order valence-electron chi connectivity index (χ1n) is 3.80. The van der Waals surface area contributed by atoms with Gasteiger partial charge in [-0.15, -0.1) is 0 Å². The van der Waals surface area contributed by atoms with E-state index in [9.17, 15) is 8.78 Å². The van der Waals surface area contributed by atoms with Crippen LogP contribution in [-0.4, -0.2) is 6.54 Å². The van der Waals surface area contributed by atoms with Crippen molar-refractivity contribution >= 4 is 11.6 Å². The van der Waals surface area contributed by atoms with E-state index < -0.39 is 16.7 Å². The summed E-state index contributed by atoms with van der Waals surface area (Å²) in [6.45, 7) is -0.0784. The minimum Gasteiger partial charge on any atom is -0.205 e. The lowest BCUT2D eigenvalue weighted by Crippen LogP contribution is -1.88. The van der Waals surface area contributed by atoms with Gasteiger partial charge in [-0.2, -0.15) is 0 Å². The summed E-state index contributed by atoms with van der Waals surface area (Å²) in [6.07, 6.45) is 0. The van der Waals surface area contributed by atoms with Gasteiger partial charge in [0.2, 0.25) is 0 Å². The summed E-state index contributed by atoms with van der Waals surface area (Å²) >= 11 is 5.32. The zero-order chi connectivity index (χ0) is 11.3. The van der Waals surface area contributed by atoms with Crippen molar-refractivity contribution < 1.29 is 8.78 Å². The smallest absolute Gasteiger partial charge is 0.160 e. The molecule has 0 aliphatic rings. The molecular formula is C9H4ClF2N3. The van der Waals surface area contributed by atoms with Crippen molar-refractivity contribution in [1.29, 1.82) is 0 Å². The Morgan fingerprint density at radius 3 is 2.87 bits per heavy atom. The molecule has 0 amide bonds. The van der Waals surface area contributed by atoms with Gasteiger partial charge in [0.05, 0.1) is 12.1 Å². The largest absolute Gasteiger partial charge is 0.205 e. The molecule has 0 fully saturated rings. The van der Waals surface area contributed by atoms with Gasteiger partial charge in [-0.1, -0.05) is 28.6 Å². The van der Waals surface area contributed by atoms with E-state index >= 15 is 0 Å². The second-order valence-electron chi connectivity index (χ2n) is 2.41. The van der Waals surface area contributed by atoms with Gasteiger partial charge in [-0.05, 0) is 17.7 Å². The van der Waals surface area contributed by atoms with E-state index in [0.717, 1.165) is 6.07 Å². The predicted molar refractivity (Wildman–Crippen MR) is 52.3 cm³/mol. The van der Waals surface area contributed by atoms with Crippen molar-refractivity contribution in [2.75, 3.05) is 6.54 Å². The van der Waals surface area contributed by atoms with Gasteiger partial charge in [-0.25, -0.2) is 8.78 Å². The van der Waals surface area contributed by atoms with Crippen LogP contribution < -0.4 is 0 Å². The molecule has 0 heterocycles. The fraction of sp³-hybridized carbons (Fsp3) is 0.111. The van der Waals surface area contributed by atoms with Crippen molar-refractivity contribution in [3.05, 3.63) is 44.8 Å². The molecule has 6 heteroatoms. The van der Waals surface area contributed by atoms with Crippen LogP contribution in [0.3, 0.4) is 0 Å². The van der Waals surface area contributed by atoms with Crippen LogP contribution in [0.25, 0.3) is 10.4 Å². The van der Waals surface area contributed by atoms with E-state index in [0.29, 0.717) is 0 Å². The Kier molecular flexibility index (Phi) is 3.92. The maximum absolute atomic E-state index is 13.2. The van der Waals surface area contributed by atoms with Crippen LogP contribution in [0.2, 0.25) is 5.02 Å². The monoisotopic (exact) mass is 227 g/mol. The molecule has 76 valence electrons. The van der Waals surface area contributed by atoms with Gasteiger partial charge in [0.15, 0.2) is 5.82 Å². The standard InChI is InChI=1S/C9H4ClF2N3/c10-8-7(11)4-3-6(9(8)12)2-1-5-14-15-13/h3-4H,5H2. The summed E-state index contributed by atoms with van der Waals surface area (Å²) in [5, 5.41) is 2.54. The molecule has 3 nitrogen and oxygen atoms in total. The van der Waals surface area contributed by atoms with Crippen LogP contribution in [-0.2, 0) is 0 Å². The molecular weight excluding hydrogens is 224 g/mol. The van der Waals surface area contributed by atoms with Gasteiger partial charge in [0.25, 0.3) is 0 Å². The summed E-state index contributed by atoms with van der Waals surface area (Å²) in [5.41, 5.74) is 7.91. The summed E-state index contributed by atoms with van der Waals surface area (Å²) in [5.74, 6) is 3.02. The van der Waals surface area contributed by atoms with E-state index in [4.69, 9.17) is 17.1 Å². The molecule has 0 atom stereocenters. The number of benzene rings is 1. The Balaban J connectivity index is 2.99. The fourth-order valence-corrected chi connectivity index (χ4v) is 0.989.